The molecule has 2 unspecified atom stereocenters. The monoisotopic (exact) mass is 790 g/mol. The lowest BCUT2D eigenvalue weighted by Gasteiger charge is -2.27. The molecule has 290 valence electrons. The molecular weight excluding hydrogens is 749 g/mol. The highest BCUT2D eigenvalue weighted by Gasteiger charge is 2.32. The summed E-state index contributed by atoms with van der Waals surface area (Å²) in [4.78, 5) is 2.48. The van der Waals surface area contributed by atoms with Gasteiger partial charge in [0.15, 0.2) is 11.4 Å². The van der Waals surface area contributed by atoms with Gasteiger partial charge in [0, 0.05) is 44.5 Å². The SMILES string of the molecule is c1ccc([NH+](c2cccc3ccccc23)c2c3ccccc3c(-c3c4ccccc4c([NH+](c4ccccc4)c4cccc5ccccc45)c4ccccc34)c3ccccc23)cc1. The number of hydrogen-bond acceptors (Lipinski definition) is 0. The smallest absolute Gasteiger partial charge is 0.157 e. The van der Waals surface area contributed by atoms with Crippen molar-refractivity contribution in [3.05, 3.63) is 243 Å². The fraction of sp³-hybridized carbons (Fsp3) is 0. The Balaban J connectivity index is 1.22. The summed E-state index contributed by atoms with van der Waals surface area (Å²) in [5.74, 6) is 0. The fourth-order valence-electron chi connectivity index (χ4n) is 10.3. The quantitative estimate of drug-likeness (QED) is 0.149. The zero-order valence-corrected chi connectivity index (χ0v) is 34.1. The van der Waals surface area contributed by atoms with Crippen LogP contribution in [0.2, 0.25) is 0 Å². The topological polar surface area (TPSA) is 8.88 Å². The Hall–Kier alpha value is -7.88. The van der Waals surface area contributed by atoms with E-state index in [1.54, 1.807) is 0 Å². The van der Waals surface area contributed by atoms with Crippen molar-refractivity contribution < 1.29 is 9.80 Å². The molecule has 0 aliphatic carbocycles. The second kappa shape index (κ2) is 15.0. The van der Waals surface area contributed by atoms with E-state index in [1.807, 2.05) is 0 Å². The van der Waals surface area contributed by atoms with E-state index in [0.29, 0.717) is 0 Å². The van der Waals surface area contributed by atoms with Crippen LogP contribution in [0.3, 0.4) is 0 Å². The van der Waals surface area contributed by atoms with E-state index in [0.717, 1.165) is 0 Å². The van der Waals surface area contributed by atoms with Gasteiger partial charge in [0.25, 0.3) is 0 Å². The Morgan fingerprint density at radius 2 is 0.452 bits per heavy atom. The molecule has 2 N–H and O–H groups in total. The predicted octanol–water partition coefficient (Wildman–Crippen LogP) is 14.6. The first-order valence-electron chi connectivity index (χ1n) is 21.5. The summed E-state index contributed by atoms with van der Waals surface area (Å²) < 4.78 is 0. The van der Waals surface area contributed by atoms with E-state index in [4.69, 9.17) is 0 Å². The maximum Gasteiger partial charge on any atom is 0.157 e. The summed E-state index contributed by atoms with van der Waals surface area (Å²) in [6.45, 7) is 0. The van der Waals surface area contributed by atoms with Crippen LogP contribution < -0.4 is 9.80 Å². The number of benzene rings is 12. The standard InChI is InChI=1S/C60H40N2/c1-3-25-43(26-4-1)61(55-39-19-23-41-21-7-9-29-45(41)55)59-51-35-15-11-31-47(51)57(48-32-12-16-36-52(48)59)58-49-33-13-17-37-53(49)60(54-38-18-14-34-50(54)58)62(44-27-5-2-6-28-44)56-40-20-24-42-22-8-10-30-46(42)56/h1-40H/p+2. The summed E-state index contributed by atoms with van der Waals surface area (Å²) in [5, 5.41) is 14.8. The zero-order chi connectivity index (χ0) is 41.0. The summed E-state index contributed by atoms with van der Waals surface area (Å²) in [6, 6.07) is 89.5. The van der Waals surface area contributed by atoms with Crippen LogP contribution in [0.15, 0.2) is 243 Å². The summed E-state index contributed by atoms with van der Waals surface area (Å²) in [7, 11) is 0. The van der Waals surface area contributed by atoms with Crippen molar-refractivity contribution in [2.45, 2.75) is 0 Å². The van der Waals surface area contributed by atoms with E-state index in [2.05, 4.69) is 243 Å². The van der Waals surface area contributed by atoms with Gasteiger partial charge in [-0.1, -0.05) is 170 Å². The lowest BCUT2D eigenvalue weighted by Crippen LogP contribution is -2.96. The van der Waals surface area contributed by atoms with E-state index in [9.17, 15) is 0 Å². The molecule has 0 aliphatic rings. The lowest BCUT2D eigenvalue weighted by atomic mass is 9.84. The van der Waals surface area contributed by atoms with Gasteiger partial charge in [0.2, 0.25) is 0 Å². The molecule has 0 saturated heterocycles. The van der Waals surface area contributed by atoms with Gasteiger partial charge < -0.3 is 0 Å². The van der Waals surface area contributed by atoms with Crippen LogP contribution in [-0.4, -0.2) is 0 Å². The molecule has 0 aromatic heterocycles. The first kappa shape index (κ1) is 36.0. The Morgan fingerprint density at radius 1 is 0.194 bits per heavy atom. The van der Waals surface area contributed by atoms with E-state index in [1.165, 1.54) is 120 Å². The van der Waals surface area contributed by atoms with Crippen LogP contribution in [0.25, 0.3) is 75.8 Å². The molecule has 0 heterocycles. The lowest BCUT2D eigenvalue weighted by molar-refractivity contribution is -0.677. The van der Waals surface area contributed by atoms with Crippen molar-refractivity contribution >= 4 is 98.8 Å². The van der Waals surface area contributed by atoms with Crippen LogP contribution in [0.4, 0.5) is 34.1 Å². The third kappa shape index (κ3) is 5.73. The van der Waals surface area contributed by atoms with Gasteiger partial charge in [-0.3, -0.25) is 0 Å². The molecular formula is C60H42N2+2. The second-order valence-electron chi connectivity index (χ2n) is 16.2. The molecule has 12 rings (SSSR count). The third-order valence-electron chi connectivity index (χ3n) is 12.9. The number of hydrogen-bond donors (Lipinski definition) is 2. The Kier molecular flexibility index (Phi) is 8.71. The van der Waals surface area contributed by atoms with Crippen molar-refractivity contribution in [2.24, 2.45) is 0 Å². The number of rotatable bonds is 7. The average molecular weight is 791 g/mol. The molecule has 0 spiro atoms. The minimum Gasteiger partial charge on any atom is -0.236 e. The molecule has 0 bridgehead atoms. The van der Waals surface area contributed by atoms with Crippen LogP contribution in [0, 0.1) is 0 Å². The van der Waals surface area contributed by atoms with Crippen molar-refractivity contribution in [1.82, 2.24) is 0 Å². The van der Waals surface area contributed by atoms with Crippen molar-refractivity contribution in [1.29, 1.82) is 0 Å². The Labute approximate surface area is 360 Å². The number of para-hydroxylation sites is 2. The minimum atomic E-state index is 1.20. The molecule has 0 fully saturated rings. The highest BCUT2D eigenvalue weighted by Crippen LogP contribution is 2.49. The largest absolute Gasteiger partial charge is 0.236 e. The van der Waals surface area contributed by atoms with Crippen LogP contribution in [0.1, 0.15) is 0 Å². The zero-order valence-electron chi connectivity index (χ0n) is 34.1. The number of nitrogens with one attached hydrogen (secondary N) is 2. The molecule has 2 heteroatoms. The molecule has 12 aromatic carbocycles. The summed E-state index contributed by atoms with van der Waals surface area (Å²) in [5.41, 5.74) is 9.89. The molecule has 2 atom stereocenters. The summed E-state index contributed by atoms with van der Waals surface area (Å²) in [6.07, 6.45) is 0. The van der Waals surface area contributed by atoms with Crippen molar-refractivity contribution in [2.75, 3.05) is 0 Å². The fourth-order valence-corrected chi connectivity index (χ4v) is 10.3. The van der Waals surface area contributed by atoms with Crippen LogP contribution >= 0.6 is 0 Å². The van der Waals surface area contributed by atoms with E-state index in [-0.39, 0.29) is 0 Å². The number of quaternary nitrogens is 2. The van der Waals surface area contributed by atoms with Crippen molar-refractivity contribution in [3.8, 4) is 11.1 Å². The van der Waals surface area contributed by atoms with E-state index < -0.39 is 0 Å². The van der Waals surface area contributed by atoms with Gasteiger partial charge in [-0.25, -0.2) is 9.80 Å². The maximum atomic E-state index is 2.35. The van der Waals surface area contributed by atoms with Gasteiger partial charge in [-0.2, -0.15) is 0 Å². The van der Waals surface area contributed by atoms with Crippen LogP contribution in [-0.2, 0) is 0 Å². The normalized spacial score (nSPS) is 12.7. The van der Waals surface area contributed by atoms with Gasteiger partial charge in [-0.05, 0) is 104 Å². The first-order valence-corrected chi connectivity index (χ1v) is 21.5. The highest BCUT2D eigenvalue weighted by molar-refractivity contribution is 6.28. The molecule has 0 radical (unpaired) electrons. The Morgan fingerprint density at radius 3 is 0.790 bits per heavy atom. The first-order chi connectivity index (χ1) is 30.8. The average Bonchev–Trinajstić information content (AvgIpc) is 3.35. The van der Waals surface area contributed by atoms with Gasteiger partial charge in [-0.15, -0.1) is 0 Å². The third-order valence-corrected chi connectivity index (χ3v) is 12.9. The van der Waals surface area contributed by atoms with Crippen molar-refractivity contribution in [3.63, 3.8) is 0 Å². The van der Waals surface area contributed by atoms with Gasteiger partial charge in [0.1, 0.15) is 22.7 Å². The van der Waals surface area contributed by atoms with E-state index >= 15 is 0 Å². The summed E-state index contributed by atoms with van der Waals surface area (Å²) >= 11 is 0. The minimum absolute atomic E-state index is 1.20. The van der Waals surface area contributed by atoms with Gasteiger partial charge in [0.05, 0.1) is 0 Å². The molecule has 0 saturated carbocycles. The predicted molar refractivity (Wildman–Crippen MR) is 263 cm³/mol. The highest BCUT2D eigenvalue weighted by atomic mass is 15.2. The van der Waals surface area contributed by atoms with Crippen LogP contribution in [0.5, 0.6) is 0 Å². The second-order valence-corrected chi connectivity index (χ2v) is 16.2. The Bertz CT molecular complexity index is 3280. The maximum absolute atomic E-state index is 2.35. The molecule has 12 aromatic rings. The molecule has 0 amide bonds. The molecule has 2 nitrogen and oxygen atoms in total. The van der Waals surface area contributed by atoms with Gasteiger partial charge >= 0.3 is 0 Å². The molecule has 62 heavy (non-hydrogen) atoms. The number of fused-ring (bicyclic) bond motifs is 6. The molecule has 0 aliphatic heterocycles.